The Morgan fingerprint density at radius 2 is 2.00 bits per heavy atom. The lowest BCUT2D eigenvalue weighted by Crippen LogP contribution is -2.07. The molecule has 0 saturated carbocycles. The average Bonchev–Trinajstić information content (AvgIpc) is 2.38. The number of halogens is 1. The number of rotatable bonds is 3. The van der Waals surface area contributed by atoms with Crippen LogP contribution < -0.4 is 5.32 Å². The number of nitrogens with zero attached hydrogens (tertiary/aromatic N) is 1. The van der Waals surface area contributed by atoms with E-state index < -0.39 is 0 Å². The molecule has 1 heterocycles. The lowest BCUT2D eigenvalue weighted by atomic mass is 10.2. The van der Waals surface area contributed by atoms with E-state index in [1.54, 1.807) is 24.4 Å². The zero-order valence-corrected chi connectivity index (χ0v) is 10.3. The molecule has 1 aromatic carbocycles. The van der Waals surface area contributed by atoms with Crippen LogP contribution in [0.15, 0.2) is 54.7 Å². The van der Waals surface area contributed by atoms with Crippen LogP contribution >= 0.6 is 11.6 Å². The van der Waals surface area contributed by atoms with Crippen LogP contribution in [-0.2, 0) is 4.79 Å². The van der Waals surface area contributed by atoms with Gasteiger partial charge in [-0.05, 0) is 23.8 Å². The second kappa shape index (κ2) is 5.98. The van der Waals surface area contributed by atoms with E-state index in [-0.39, 0.29) is 5.91 Å². The molecule has 0 radical (unpaired) electrons. The molecule has 2 aromatic rings. The maximum atomic E-state index is 11.6. The quantitative estimate of drug-likeness (QED) is 0.677. The van der Waals surface area contributed by atoms with E-state index in [4.69, 9.17) is 11.6 Å². The van der Waals surface area contributed by atoms with Crippen molar-refractivity contribution in [2.75, 3.05) is 5.32 Å². The molecule has 1 aromatic heterocycles. The summed E-state index contributed by atoms with van der Waals surface area (Å²) in [4.78, 5) is 15.5. The molecular weight excluding hydrogens is 248 g/mol. The van der Waals surface area contributed by atoms with Crippen molar-refractivity contribution in [3.05, 3.63) is 65.5 Å². The average molecular weight is 259 g/mol. The number of carbonyl (C=O) groups excluding carboxylic acids is 1. The standard InChI is InChI=1S/C14H11ClN2O/c15-13-10-12(8-9-16-13)17-14(18)7-6-11-4-2-1-3-5-11/h1-10H,(H,16,17,18)/b7-6+. The minimum atomic E-state index is -0.207. The number of aromatic nitrogens is 1. The van der Waals surface area contributed by atoms with Gasteiger partial charge in [-0.1, -0.05) is 41.9 Å². The van der Waals surface area contributed by atoms with Crippen molar-refractivity contribution in [2.45, 2.75) is 0 Å². The molecular formula is C14H11ClN2O. The number of amides is 1. The van der Waals surface area contributed by atoms with Crippen LogP contribution in [0.5, 0.6) is 0 Å². The summed E-state index contributed by atoms with van der Waals surface area (Å²) >= 11 is 5.72. The number of nitrogens with one attached hydrogen (secondary N) is 1. The van der Waals surface area contributed by atoms with Crippen molar-refractivity contribution in [1.82, 2.24) is 4.98 Å². The van der Waals surface area contributed by atoms with E-state index in [0.29, 0.717) is 10.8 Å². The molecule has 1 amide bonds. The summed E-state index contributed by atoms with van der Waals surface area (Å²) in [6, 6.07) is 12.9. The fourth-order valence-corrected chi connectivity index (χ4v) is 1.57. The van der Waals surface area contributed by atoms with Crippen molar-refractivity contribution >= 4 is 29.3 Å². The fourth-order valence-electron chi connectivity index (χ4n) is 1.40. The molecule has 3 nitrogen and oxygen atoms in total. The van der Waals surface area contributed by atoms with E-state index in [2.05, 4.69) is 10.3 Å². The molecule has 1 N–H and O–H groups in total. The van der Waals surface area contributed by atoms with Crippen molar-refractivity contribution < 1.29 is 4.79 Å². The summed E-state index contributed by atoms with van der Waals surface area (Å²) in [5.41, 5.74) is 1.60. The number of anilines is 1. The van der Waals surface area contributed by atoms with Crippen LogP contribution in [0.2, 0.25) is 5.15 Å². The molecule has 0 fully saturated rings. The van der Waals surface area contributed by atoms with E-state index in [9.17, 15) is 4.79 Å². The highest BCUT2D eigenvalue weighted by atomic mass is 35.5. The maximum Gasteiger partial charge on any atom is 0.248 e. The highest BCUT2D eigenvalue weighted by Gasteiger charge is 1.98. The summed E-state index contributed by atoms with van der Waals surface area (Å²) in [5.74, 6) is -0.207. The Kier molecular flexibility index (Phi) is 4.10. The van der Waals surface area contributed by atoms with Gasteiger partial charge in [0.05, 0.1) is 0 Å². The van der Waals surface area contributed by atoms with Gasteiger partial charge in [-0.2, -0.15) is 0 Å². The lowest BCUT2D eigenvalue weighted by molar-refractivity contribution is -0.111. The van der Waals surface area contributed by atoms with Crippen LogP contribution in [0.25, 0.3) is 6.08 Å². The third kappa shape index (κ3) is 3.71. The first-order valence-corrected chi connectivity index (χ1v) is 5.77. The number of benzene rings is 1. The highest BCUT2D eigenvalue weighted by molar-refractivity contribution is 6.29. The predicted octanol–water partition coefficient (Wildman–Crippen LogP) is 3.39. The summed E-state index contributed by atoms with van der Waals surface area (Å²) < 4.78 is 0. The summed E-state index contributed by atoms with van der Waals surface area (Å²) in [7, 11) is 0. The molecule has 0 spiro atoms. The number of carbonyl (C=O) groups is 1. The highest BCUT2D eigenvalue weighted by Crippen LogP contribution is 2.11. The first-order chi connectivity index (χ1) is 8.74. The topological polar surface area (TPSA) is 42.0 Å². The summed E-state index contributed by atoms with van der Waals surface area (Å²) in [5, 5.41) is 3.05. The third-order valence-corrected chi connectivity index (χ3v) is 2.43. The Hall–Kier alpha value is -2.13. The molecule has 0 aliphatic heterocycles. The van der Waals surface area contributed by atoms with Crippen molar-refractivity contribution in [3.8, 4) is 0 Å². The van der Waals surface area contributed by atoms with Crippen molar-refractivity contribution in [2.24, 2.45) is 0 Å². The SMILES string of the molecule is O=C(/C=C/c1ccccc1)Nc1ccnc(Cl)c1. The van der Waals surface area contributed by atoms with Gasteiger partial charge < -0.3 is 5.32 Å². The molecule has 0 unspecified atom stereocenters. The van der Waals surface area contributed by atoms with Gasteiger partial charge >= 0.3 is 0 Å². The van der Waals surface area contributed by atoms with Gasteiger partial charge in [-0.15, -0.1) is 0 Å². The molecule has 18 heavy (non-hydrogen) atoms. The Morgan fingerprint density at radius 1 is 1.22 bits per heavy atom. The van der Waals surface area contributed by atoms with E-state index in [1.165, 1.54) is 6.08 Å². The van der Waals surface area contributed by atoms with Gasteiger partial charge in [0.2, 0.25) is 5.91 Å². The van der Waals surface area contributed by atoms with Crippen LogP contribution in [0, 0.1) is 0 Å². The fraction of sp³-hybridized carbons (Fsp3) is 0. The smallest absolute Gasteiger partial charge is 0.248 e. The van der Waals surface area contributed by atoms with Gasteiger partial charge in [0.15, 0.2) is 0 Å². The maximum absolute atomic E-state index is 11.6. The molecule has 0 atom stereocenters. The van der Waals surface area contributed by atoms with Crippen LogP contribution in [0.3, 0.4) is 0 Å². The Morgan fingerprint density at radius 3 is 2.72 bits per heavy atom. The Bertz CT molecular complexity index is 567. The molecule has 0 aliphatic carbocycles. The Balaban J connectivity index is 1.99. The van der Waals surface area contributed by atoms with Crippen LogP contribution in [0.4, 0.5) is 5.69 Å². The molecule has 0 bridgehead atoms. The second-order valence-corrected chi connectivity index (χ2v) is 3.99. The van der Waals surface area contributed by atoms with Gasteiger partial charge in [0.1, 0.15) is 5.15 Å². The molecule has 2 rings (SSSR count). The minimum Gasteiger partial charge on any atom is -0.322 e. The number of pyridine rings is 1. The van der Waals surface area contributed by atoms with E-state index >= 15 is 0 Å². The van der Waals surface area contributed by atoms with Crippen LogP contribution in [-0.4, -0.2) is 10.9 Å². The zero-order valence-electron chi connectivity index (χ0n) is 9.51. The van der Waals surface area contributed by atoms with Gasteiger partial charge in [-0.3, -0.25) is 4.79 Å². The molecule has 90 valence electrons. The largest absolute Gasteiger partial charge is 0.322 e. The first kappa shape index (κ1) is 12.3. The van der Waals surface area contributed by atoms with Gasteiger partial charge in [-0.25, -0.2) is 4.98 Å². The lowest BCUT2D eigenvalue weighted by Gasteiger charge is -2.01. The molecule has 4 heteroatoms. The van der Waals surface area contributed by atoms with Crippen LogP contribution in [0.1, 0.15) is 5.56 Å². The number of hydrogen-bond acceptors (Lipinski definition) is 2. The van der Waals surface area contributed by atoms with E-state index in [0.717, 1.165) is 5.56 Å². The monoisotopic (exact) mass is 258 g/mol. The summed E-state index contributed by atoms with van der Waals surface area (Å²) in [6.07, 6.45) is 4.76. The number of hydrogen-bond donors (Lipinski definition) is 1. The zero-order chi connectivity index (χ0) is 12.8. The summed E-state index contributed by atoms with van der Waals surface area (Å²) in [6.45, 7) is 0. The third-order valence-electron chi connectivity index (χ3n) is 2.22. The first-order valence-electron chi connectivity index (χ1n) is 5.40. The minimum absolute atomic E-state index is 0.207. The Labute approximate surface area is 110 Å². The van der Waals surface area contributed by atoms with Crippen molar-refractivity contribution in [3.63, 3.8) is 0 Å². The van der Waals surface area contributed by atoms with Gasteiger partial charge in [0, 0.05) is 18.0 Å². The van der Waals surface area contributed by atoms with E-state index in [1.807, 2.05) is 30.3 Å². The normalized spacial score (nSPS) is 10.5. The molecule has 0 saturated heterocycles. The molecule has 0 aliphatic rings. The second-order valence-electron chi connectivity index (χ2n) is 3.60. The van der Waals surface area contributed by atoms with Crippen molar-refractivity contribution in [1.29, 1.82) is 0 Å². The van der Waals surface area contributed by atoms with Gasteiger partial charge in [0.25, 0.3) is 0 Å². The predicted molar refractivity (Wildman–Crippen MR) is 73.4 cm³/mol.